The standard InChI is InChI=1S/C25H21ClN4O2/c1-18(32-23-14-12-21(26)13-15-23)25(31)28-27-16-20-17-30(22-10-6-3-7-11-22)29-24(20)19-8-4-2-5-9-19/h2-18H,1H3,(H,28,31)/b27-16-/t18-/m0/s1. The molecule has 0 radical (unpaired) electrons. The number of nitrogens with one attached hydrogen (secondary N) is 1. The van der Waals surface area contributed by atoms with Crippen molar-refractivity contribution in [3.63, 3.8) is 0 Å². The van der Waals surface area contributed by atoms with E-state index in [4.69, 9.17) is 21.4 Å². The number of aromatic nitrogens is 2. The summed E-state index contributed by atoms with van der Waals surface area (Å²) in [5.41, 5.74) is 5.95. The molecule has 0 aliphatic rings. The third kappa shape index (κ3) is 5.22. The van der Waals surface area contributed by atoms with E-state index in [0.29, 0.717) is 10.8 Å². The zero-order chi connectivity index (χ0) is 22.3. The number of benzene rings is 3. The van der Waals surface area contributed by atoms with Crippen molar-refractivity contribution in [3.8, 4) is 22.7 Å². The first-order chi connectivity index (χ1) is 15.6. The topological polar surface area (TPSA) is 68.5 Å². The van der Waals surface area contributed by atoms with Crippen LogP contribution in [0.1, 0.15) is 12.5 Å². The summed E-state index contributed by atoms with van der Waals surface area (Å²) in [6, 6.07) is 26.5. The molecule has 32 heavy (non-hydrogen) atoms. The van der Waals surface area contributed by atoms with Crippen LogP contribution in [-0.4, -0.2) is 28.0 Å². The maximum Gasteiger partial charge on any atom is 0.280 e. The summed E-state index contributed by atoms with van der Waals surface area (Å²) in [6.07, 6.45) is 2.73. The lowest BCUT2D eigenvalue weighted by molar-refractivity contribution is -0.127. The molecule has 1 amide bonds. The largest absolute Gasteiger partial charge is 0.481 e. The molecule has 4 aromatic rings. The lowest BCUT2D eigenvalue weighted by Crippen LogP contribution is -2.33. The summed E-state index contributed by atoms with van der Waals surface area (Å²) in [7, 11) is 0. The van der Waals surface area contributed by atoms with Gasteiger partial charge in [0.1, 0.15) is 11.4 Å². The average Bonchev–Trinajstić information content (AvgIpc) is 3.26. The van der Waals surface area contributed by atoms with Gasteiger partial charge in [0.15, 0.2) is 6.10 Å². The number of carbonyl (C=O) groups is 1. The van der Waals surface area contributed by atoms with Gasteiger partial charge in [0, 0.05) is 22.3 Å². The van der Waals surface area contributed by atoms with Crippen LogP contribution in [0.25, 0.3) is 16.9 Å². The Hall–Kier alpha value is -3.90. The molecule has 7 heteroatoms. The van der Waals surface area contributed by atoms with E-state index in [-0.39, 0.29) is 5.91 Å². The summed E-state index contributed by atoms with van der Waals surface area (Å²) in [4.78, 5) is 12.4. The van der Waals surface area contributed by atoms with Gasteiger partial charge in [-0.1, -0.05) is 60.1 Å². The first-order valence-corrected chi connectivity index (χ1v) is 10.4. The normalized spacial score (nSPS) is 11.9. The molecule has 0 fully saturated rings. The number of carbonyl (C=O) groups excluding carboxylic acids is 1. The van der Waals surface area contributed by atoms with Crippen molar-refractivity contribution in [1.29, 1.82) is 0 Å². The fraction of sp³-hybridized carbons (Fsp3) is 0.0800. The minimum absolute atomic E-state index is 0.368. The van der Waals surface area contributed by atoms with Crippen LogP contribution < -0.4 is 10.2 Å². The Labute approximate surface area is 191 Å². The maximum atomic E-state index is 12.4. The van der Waals surface area contributed by atoms with Crippen molar-refractivity contribution in [2.24, 2.45) is 5.10 Å². The predicted molar refractivity (Wildman–Crippen MR) is 126 cm³/mol. The van der Waals surface area contributed by atoms with E-state index in [0.717, 1.165) is 22.5 Å². The van der Waals surface area contributed by atoms with Crippen molar-refractivity contribution in [1.82, 2.24) is 15.2 Å². The summed E-state index contributed by atoms with van der Waals surface area (Å²) < 4.78 is 7.42. The van der Waals surface area contributed by atoms with Crippen molar-refractivity contribution in [3.05, 3.63) is 102 Å². The van der Waals surface area contributed by atoms with E-state index in [1.54, 1.807) is 42.1 Å². The Kier molecular flexibility index (Phi) is 6.63. The minimum atomic E-state index is -0.728. The van der Waals surface area contributed by atoms with Crippen molar-refractivity contribution < 1.29 is 9.53 Å². The third-order valence-corrected chi connectivity index (χ3v) is 4.94. The van der Waals surface area contributed by atoms with Crippen LogP contribution in [0.15, 0.2) is 96.2 Å². The van der Waals surface area contributed by atoms with E-state index in [9.17, 15) is 4.79 Å². The summed E-state index contributed by atoms with van der Waals surface area (Å²) in [5, 5.41) is 9.46. The Balaban J connectivity index is 1.50. The van der Waals surface area contributed by atoms with Crippen LogP contribution in [0, 0.1) is 0 Å². The zero-order valence-electron chi connectivity index (χ0n) is 17.4. The molecular weight excluding hydrogens is 424 g/mol. The Morgan fingerprint density at radius 3 is 2.38 bits per heavy atom. The molecule has 0 aliphatic heterocycles. The second-order valence-corrected chi connectivity index (χ2v) is 7.46. The Morgan fingerprint density at radius 1 is 1.03 bits per heavy atom. The second kappa shape index (κ2) is 9.94. The van der Waals surface area contributed by atoms with Crippen LogP contribution >= 0.6 is 11.6 Å². The maximum absolute atomic E-state index is 12.4. The van der Waals surface area contributed by atoms with Crippen molar-refractivity contribution in [2.75, 3.05) is 0 Å². The van der Waals surface area contributed by atoms with Crippen molar-refractivity contribution in [2.45, 2.75) is 13.0 Å². The van der Waals surface area contributed by atoms with Gasteiger partial charge in [-0.15, -0.1) is 0 Å². The number of hydrogen-bond acceptors (Lipinski definition) is 4. The molecular formula is C25H21ClN4O2. The molecule has 0 saturated carbocycles. The number of hydrazone groups is 1. The summed E-state index contributed by atoms with van der Waals surface area (Å²) in [5.74, 6) is 0.185. The van der Waals surface area contributed by atoms with E-state index >= 15 is 0 Å². The fourth-order valence-electron chi connectivity index (χ4n) is 3.04. The number of rotatable bonds is 7. The molecule has 3 aromatic carbocycles. The SMILES string of the molecule is C[C@H](Oc1ccc(Cl)cc1)C(=O)N/N=C\c1cn(-c2ccccc2)nc1-c1ccccc1. The highest BCUT2D eigenvalue weighted by molar-refractivity contribution is 6.30. The van der Waals surface area contributed by atoms with E-state index in [1.807, 2.05) is 66.9 Å². The smallest absolute Gasteiger partial charge is 0.280 e. The Bertz CT molecular complexity index is 1210. The lowest BCUT2D eigenvalue weighted by Gasteiger charge is -2.12. The van der Waals surface area contributed by atoms with E-state index < -0.39 is 6.10 Å². The highest BCUT2D eigenvalue weighted by atomic mass is 35.5. The summed E-state index contributed by atoms with van der Waals surface area (Å²) >= 11 is 5.87. The van der Waals surface area contributed by atoms with Gasteiger partial charge in [0.05, 0.1) is 11.9 Å². The molecule has 4 rings (SSSR count). The molecule has 0 bridgehead atoms. The van der Waals surface area contributed by atoms with Gasteiger partial charge in [-0.2, -0.15) is 10.2 Å². The Morgan fingerprint density at radius 2 is 1.69 bits per heavy atom. The third-order valence-electron chi connectivity index (χ3n) is 4.68. The molecule has 0 aliphatic carbocycles. The van der Waals surface area contributed by atoms with Gasteiger partial charge >= 0.3 is 0 Å². The van der Waals surface area contributed by atoms with Crippen LogP contribution in [-0.2, 0) is 4.79 Å². The monoisotopic (exact) mass is 444 g/mol. The minimum Gasteiger partial charge on any atom is -0.481 e. The highest BCUT2D eigenvalue weighted by Crippen LogP contribution is 2.22. The molecule has 0 saturated heterocycles. The number of hydrogen-bond donors (Lipinski definition) is 1. The summed E-state index contributed by atoms with van der Waals surface area (Å²) in [6.45, 7) is 1.66. The quantitative estimate of drug-likeness (QED) is 0.318. The van der Waals surface area contributed by atoms with Gasteiger partial charge in [0.25, 0.3) is 5.91 Å². The average molecular weight is 445 g/mol. The first-order valence-electron chi connectivity index (χ1n) is 10.1. The molecule has 0 unspecified atom stereocenters. The van der Waals surface area contributed by atoms with Crippen molar-refractivity contribution >= 4 is 23.7 Å². The molecule has 1 heterocycles. The van der Waals surface area contributed by atoms with E-state index in [2.05, 4.69) is 10.5 Å². The highest BCUT2D eigenvalue weighted by Gasteiger charge is 2.15. The van der Waals surface area contributed by atoms with Gasteiger partial charge in [0.2, 0.25) is 0 Å². The second-order valence-electron chi connectivity index (χ2n) is 7.03. The van der Waals surface area contributed by atoms with E-state index in [1.165, 1.54) is 0 Å². The van der Waals surface area contributed by atoms with Gasteiger partial charge in [-0.25, -0.2) is 10.1 Å². The predicted octanol–water partition coefficient (Wildman–Crippen LogP) is 5.11. The van der Waals surface area contributed by atoms with Crippen LogP contribution in [0.2, 0.25) is 5.02 Å². The van der Waals surface area contributed by atoms with Crippen LogP contribution in [0.4, 0.5) is 0 Å². The van der Waals surface area contributed by atoms with Gasteiger partial charge in [-0.05, 0) is 43.3 Å². The van der Waals surface area contributed by atoms with Crippen LogP contribution in [0.5, 0.6) is 5.75 Å². The molecule has 6 nitrogen and oxygen atoms in total. The number of nitrogens with zero attached hydrogens (tertiary/aromatic N) is 3. The molecule has 0 spiro atoms. The number of amides is 1. The molecule has 160 valence electrons. The molecule has 1 aromatic heterocycles. The molecule has 1 N–H and O–H groups in total. The number of halogens is 1. The number of para-hydroxylation sites is 1. The first kappa shape index (κ1) is 21.3. The zero-order valence-corrected chi connectivity index (χ0v) is 18.1. The van der Waals surface area contributed by atoms with Gasteiger partial charge < -0.3 is 4.74 Å². The lowest BCUT2D eigenvalue weighted by atomic mass is 10.1. The van der Waals surface area contributed by atoms with Crippen LogP contribution in [0.3, 0.4) is 0 Å². The number of ether oxygens (including phenoxy) is 1. The fourth-order valence-corrected chi connectivity index (χ4v) is 3.17. The van der Waals surface area contributed by atoms with Gasteiger partial charge in [-0.3, -0.25) is 4.79 Å². The molecule has 1 atom stereocenters.